The number of aromatic nitrogens is 1. The van der Waals surface area contributed by atoms with Crippen LogP contribution in [0.1, 0.15) is 21.5 Å². The minimum Gasteiger partial charge on any atom is -0.482 e. The van der Waals surface area contributed by atoms with Crippen LogP contribution in [0.25, 0.3) is 0 Å². The van der Waals surface area contributed by atoms with Gasteiger partial charge in [-0.3, -0.25) is 9.59 Å². The van der Waals surface area contributed by atoms with Crippen molar-refractivity contribution in [3.8, 4) is 5.75 Å². The largest absolute Gasteiger partial charge is 0.482 e. The summed E-state index contributed by atoms with van der Waals surface area (Å²) in [4.78, 5) is 28.9. The Labute approximate surface area is 159 Å². The standard InChI is InChI=1S/C20H17N3O3S/c1-13-2-4-14(5-3-13)11-23-8-9-27-20(23)22-19(25)15-6-7-17-16(10-15)21-18(24)12-26-17/h2-10H,11-12H2,1H3,(H,21,24). The van der Waals surface area contributed by atoms with Gasteiger partial charge in [0, 0.05) is 23.7 Å². The SMILES string of the molecule is Cc1ccc(Cn2ccsc2=NC(=O)c2ccc3c(c2)NC(=O)CO3)cc1. The molecule has 0 spiro atoms. The maximum Gasteiger partial charge on any atom is 0.279 e. The van der Waals surface area contributed by atoms with Gasteiger partial charge in [-0.1, -0.05) is 29.8 Å². The van der Waals surface area contributed by atoms with Gasteiger partial charge in [0.2, 0.25) is 0 Å². The van der Waals surface area contributed by atoms with Crippen molar-refractivity contribution in [2.45, 2.75) is 13.5 Å². The molecule has 1 aromatic heterocycles. The Bertz CT molecular complexity index is 1080. The molecule has 0 saturated carbocycles. The molecule has 7 heteroatoms. The molecular weight excluding hydrogens is 362 g/mol. The summed E-state index contributed by atoms with van der Waals surface area (Å²) < 4.78 is 7.26. The van der Waals surface area contributed by atoms with Crippen molar-refractivity contribution in [3.63, 3.8) is 0 Å². The van der Waals surface area contributed by atoms with Crippen LogP contribution in [0.4, 0.5) is 5.69 Å². The maximum atomic E-state index is 12.6. The van der Waals surface area contributed by atoms with E-state index < -0.39 is 0 Å². The van der Waals surface area contributed by atoms with E-state index in [2.05, 4.69) is 34.6 Å². The lowest BCUT2D eigenvalue weighted by Crippen LogP contribution is -2.25. The van der Waals surface area contributed by atoms with Gasteiger partial charge in [-0.2, -0.15) is 4.99 Å². The number of anilines is 1. The molecule has 0 fully saturated rings. The Morgan fingerprint density at radius 1 is 1.26 bits per heavy atom. The molecule has 6 nitrogen and oxygen atoms in total. The van der Waals surface area contributed by atoms with Crippen LogP contribution in [0.5, 0.6) is 5.75 Å². The number of hydrogen-bond donors (Lipinski definition) is 1. The molecule has 1 aliphatic rings. The summed E-state index contributed by atoms with van der Waals surface area (Å²) in [5.74, 6) is -0.0485. The zero-order chi connectivity index (χ0) is 18.8. The zero-order valence-electron chi connectivity index (χ0n) is 14.6. The fourth-order valence-corrected chi connectivity index (χ4v) is 3.49. The topological polar surface area (TPSA) is 72.7 Å². The molecule has 1 aliphatic heterocycles. The van der Waals surface area contributed by atoms with E-state index in [1.165, 1.54) is 16.9 Å². The van der Waals surface area contributed by atoms with Crippen LogP contribution in [0.3, 0.4) is 0 Å². The third kappa shape index (κ3) is 3.83. The van der Waals surface area contributed by atoms with Crippen LogP contribution in [-0.4, -0.2) is 23.0 Å². The third-order valence-corrected chi connectivity index (χ3v) is 4.98. The maximum absolute atomic E-state index is 12.6. The molecule has 3 aromatic rings. The first-order chi connectivity index (χ1) is 13.1. The second kappa shape index (κ2) is 7.20. The van der Waals surface area contributed by atoms with Crippen molar-refractivity contribution in [3.05, 3.63) is 75.5 Å². The normalized spacial score (nSPS) is 13.7. The van der Waals surface area contributed by atoms with Gasteiger partial charge in [0.05, 0.1) is 5.69 Å². The molecule has 27 heavy (non-hydrogen) atoms. The number of carbonyl (C=O) groups is 2. The Balaban J connectivity index is 1.60. The summed E-state index contributed by atoms with van der Waals surface area (Å²) in [5.41, 5.74) is 3.24. The van der Waals surface area contributed by atoms with E-state index in [0.29, 0.717) is 28.3 Å². The predicted molar refractivity (Wildman–Crippen MR) is 103 cm³/mol. The van der Waals surface area contributed by atoms with Gasteiger partial charge in [0.1, 0.15) is 5.75 Å². The van der Waals surface area contributed by atoms with Crippen LogP contribution in [-0.2, 0) is 11.3 Å². The lowest BCUT2D eigenvalue weighted by molar-refractivity contribution is -0.118. The van der Waals surface area contributed by atoms with Gasteiger partial charge < -0.3 is 14.6 Å². The summed E-state index contributed by atoms with van der Waals surface area (Å²) in [6.07, 6.45) is 1.91. The number of hydrogen-bond acceptors (Lipinski definition) is 4. The Morgan fingerprint density at radius 3 is 2.89 bits per heavy atom. The van der Waals surface area contributed by atoms with Crippen molar-refractivity contribution in [2.75, 3.05) is 11.9 Å². The number of benzene rings is 2. The van der Waals surface area contributed by atoms with E-state index in [4.69, 9.17) is 4.74 Å². The minimum atomic E-state index is -0.363. The number of carbonyl (C=O) groups excluding carboxylic acids is 2. The molecule has 1 N–H and O–H groups in total. The van der Waals surface area contributed by atoms with E-state index in [1.54, 1.807) is 18.2 Å². The van der Waals surface area contributed by atoms with E-state index in [9.17, 15) is 9.59 Å². The first-order valence-corrected chi connectivity index (χ1v) is 9.32. The highest BCUT2D eigenvalue weighted by Gasteiger charge is 2.17. The van der Waals surface area contributed by atoms with Crippen molar-refractivity contribution < 1.29 is 14.3 Å². The number of amides is 2. The van der Waals surface area contributed by atoms with E-state index in [0.717, 1.165) is 5.56 Å². The molecule has 2 aromatic carbocycles. The summed E-state index contributed by atoms with van der Waals surface area (Å²) in [6.45, 7) is 2.68. The molecule has 0 unspecified atom stereocenters. The molecule has 0 bridgehead atoms. The lowest BCUT2D eigenvalue weighted by atomic mass is 10.1. The second-order valence-corrected chi connectivity index (χ2v) is 7.14. The lowest BCUT2D eigenvalue weighted by Gasteiger charge is -2.17. The van der Waals surface area contributed by atoms with Crippen LogP contribution in [0, 0.1) is 6.92 Å². The second-order valence-electron chi connectivity index (χ2n) is 6.26. The average molecular weight is 379 g/mol. The third-order valence-electron chi connectivity index (χ3n) is 4.19. The van der Waals surface area contributed by atoms with E-state index in [-0.39, 0.29) is 18.4 Å². The monoisotopic (exact) mass is 379 g/mol. The first kappa shape index (κ1) is 17.2. The number of thiazole rings is 1. The van der Waals surface area contributed by atoms with Gasteiger partial charge in [-0.15, -0.1) is 11.3 Å². The zero-order valence-corrected chi connectivity index (χ0v) is 15.5. The molecule has 2 amide bonds. The molecule has 136 valence electrons. The Morgan fingerprint density at radius 2 is 2.07 bits per heavy atom. The van der Waals surface area contributed by atoms with Crippen molar-refractivity contribution in [1.82, 2.24) is 4.57 Å². The van der Waals surface area contributed by atoms with Crippen LogP contribution < -0.4 is 14.9 Å². The Hall–Kier alpha value is -3.19. The van der Waals surface area contributed by atoms with Crippen molar-refractivity contribution in [2.24, 2.45) is 4.99 Å². The molecule has 0 radical (unpaired) electrons. The highest BCUT2D eigenvalue weighted by molar-refractivity contribution is 7.07. The van der Waals surface area contributed by atoms with Crippen molar-refractivity contribution >= 4 is 28.8 Å². The molecule has 4 rings (SSSR count). The highest BCUT2D eigenvalue weighted by Crippen LogP contribution is 2.28. The predicted octanol–water partition coefficient (Wildman–Crippen LogP) is 2.98. The summed E-state index contributed by atoms with van der Waals surface area (Å²) in [5, 5.41) is 4.61. The first-order valence-electron chi connectivity index (χ1n) is 8.44. The summed E-state index contributed by atoms with van der Waals surface area (Å²) in [6, 6.07) is 13.2. The fourth-order valence-electron chi connectivity index (χ4n) is 2.76. The minimum absolute atomic E-state index is 0.0150. The number of aryl methyl sites for hydroxylation is 1. The fraction of sp³-hybridized carbons (Fsp3) is 0.150. The number of nitrogens with zero attached hydrogens (tertiary/aromatic N) is 2. The van der Waals surface area contributed by atoms with E-state index >= 15 is 0 Å². The van der Waals surface area contributed by atoms with Gasteiger partial charge in [-0.25, -0.2) is 0 Å². The molecule has 2 heterocycles. The summed E-state index contributed by atoms with van der Waals surface area (Å²) in [7, 11) is 0. The Kier molecular flexibility index (Phi) is 4.60. The van der Waals surface area contributed by atoms with Crippen LogP contribution in [0.15, 0.2) is 59.0 Å². The van der Waals surface area contributed by atoms with Gasteiger partial charge in [-0.05, 0) is 30.7 Å². The number of fused-ring (bicyclic) bond motifs is 1. The van der Waals surface area contributed by atoms with Crippen LogP contribution in [0.2, 0.25) is 0 Å². The average Bonchev–Trinajstić information content (AvgIpc) is 3.09. The van der Waals surface area contributed by atoms with Gasteiger partial charge in [0.15, 0.2) is 11.4 Å². The van der Waals surface area contributed by atoms with Gasteiger partial charge >= 0.3 is 0 Å². The smallest absolute Gasteiger partial charge is 0.279 e. The summed E-state index contributed by atoms with van der Waals surface area (Å²) >= 11 is 1.41. The van der Waals surface area contributed by atoms with Crippen LogP contribution >= 0.6 is 11.3 Å². The highest BCUT2D eigenvalue weighted by atomic mass is 32.1. The number of rotatable bonds is 3. The number of nitrogens with one attached hydrogen (secondary N) is 1. The van der Waals surface area contributed by atoms with Crippen molar-refractivity contribution in [1.29, 1.82) is 0 Å². The molecular formula is C20H17N3O3S. The molecule has 0 saturated heterocycles. The number of ether oxygens (including phenoxy) is 1. The molecule has 0 aliphatic carbocycles. The molecule has 0 atom stereocenters. The van der Waals surface area contributed by atoms with E-state index in [1.807, 2.05) is 23.1 Å². The van der Waals surface area contributed by atoms with Gasteiger partial charge in [0.25, 0.3) is 11.8 Å². The quantitative estimate of drug-likeness (QED) is 0.760.